The van der Waals surface area contributed by atoms with Crippen LogP contribution in [0.25, 0.3) is 4.85 Å². The van der Waals surface area contributed by atoms with Gasteiger partial charge in [-0.1, -0.05) is 0 Å². The molecule has 5 heteroatoms. The number of nitrogens with zero attached hydrogens (tertiary/aromatic N) is 2. The number of aromatic nitrogens is 1. The third-order valence-corrected chi connectivity index (χ3v) is 1.44. The second kappa shape index (κ2) is 3.54. The molecule has 0 aromatic carbocycles. The van der Waals surface area contributed by atoms with Gasteiger partial charge in [-0.3, -0.25) is 4.98 Å². The molecule has 1 heterocycles. The van der Waals surface area contributed by atoms with Crippen LogP contribution in [-0.4, -0.2) is 18.1 Å². The van der Waals surface area contributed by atoms with Crippen LogP contribution in [0.5, 0.6) is 0 Å². The van der Waals surface area contributed by atoms with Crippen LogP contribution in [0.3, 0.4) is 0 Å². The van der Waals surface area contributed by atoms with Gasteiger partial charge in [-0.25, -0.2) is 9.64 Å². The molecule has 0 aliphatic rings. The van der Waals surface area contributed by atoms with Crippen molar-refractivity contribution in [1.29, 1.82) is 0 Å². The fourth-order valence-electron chi connectivity index (χ4n) is 0.799. The lowest BCUT2D eigenvalue weighted by Crippen LogP contribution is -2.06. The molecule has 1 aromatic heterocycles. The Morgan fingerprint density at radius 3 is 3.00 bits per heavy atom. The van der Waals surface area contributed by atoms with Gasteiger partial charge >= 0.3 is 5.97 Å². The highest BCUT2D eigenvalue weighted by Gasteiger charge is 2.11. The average molecular weight is 177 g/mol. The molecule has 13 heavy (non-hydrogen) atoms. The highest BCUT2D eigenvalue weighted by molar-refractivity contribution is 5.95. The summed E-state index contributed by atoms with van der Waals surface area (Å²) < 4.78 is 4.45. The number of ether oxygens (including phenoxy) is 1. The van der Waals surface area contributed by atoms with Crippen LogP contribution >= 0.6 is 0 Å². The van der Waals surface area contributed by atoms with Gasteiger partial charge in [-0.05, 0) is 6.07 Å². The number of nitrogens with two attached hydrogens (primary N) is 1. The molecular formula is C8H7N3O2. The van der Waals surface area contributed by atoms with E-state index in [2.05, 4.69) is 14.6 Å². The lowest BCUT2D eigenvalue weighted by Gasteiger charge is -2.01. The summed E-state index contributed by atoms with van der Waals surface area (Å²) in [6.07, 6.45) is 1.30. The molecule has 0 spiro atoms. The number of carbonyl (C=O) groups is 1. The molecular weight excluding hydrogens is 170 g/mol. The zero-order valence-electron chi connectivity index (χ0n) is 6.94. The van der Waals surface area contributed by atoms with Crippen LogP contribution in [-0.2, 0) is 4.74 Å². The van der Waals surface area contributed by atoms with Gasteiger partial charge in [0, 0.05) is 6.20 Å². The van der Waals surface area contributed by atoms with E-state index in [-0.39, 0.29) is 17.1 Å². The lowest BCUT2D eigenvalue weighted by molar-refractivity contribution is 0.0601. The molecule has 0 fully saturated rings. The van der Waals surface area contributed by atoms with E-state index in [0.717, 1.165) is 0 Å². The molecule has 0 saturated heterocycles. The van der Waals surface area contributed by atoms with Gasteiger partial charge in [0.2, 0.25) is 5.69 Å². The molecule has 0 radical (unpaired) electrons. The predicted octanol–water partition coefficient (Wildman–Crippen LogP) is 1.00. The Kier molecular flexibility index (Phi) is 2.45. The maximum atomic E-state index is 11.1. The highest BCUT2D eigenvalue weighted by Crippen LogP contribution is 2.17. The van der Waals surface area contributed by atoms with E-state index in [0.29, 0.717) is 0 Å². The van der Waals surface area contributed by atoms with Crippen LogP contribution in [0.1, 0.15) is 10.4 Å². The molecule has 0 saturated carbocycles. The molecule has 66 valence electrons. The number of anilines is 1. The van der Waals surface area contributed by atoms with Gasteiger partial charge in [-0.15, -0.1) is 0 Å². The Morgan fingerprint density at radius 1 is 1.77 bits per heavy atom. The summed E-state index contributed by atoms with van der Waals surface area (Å²) in [5.74, 6) is -0.519. The Balaban J connectivity index is 3.20. The first-order valence-corrected chi connectivity index (χ1v) is 3.40. The van der Waals surface area contributed by atoms with Crippen molar-refractivity contribution in [3.05, 3.63) is 29.2 Å². The molecule has 1 rings (SSSR count). The first-order valence-electron chi connectivity index (χ1n) is 3.40. The monoisotopic (exact) mass is 177 g/mol. The highest BCUT2D eigenvalue weighted by atomic mass is 16.5. The third kappa shape index (κ3) is 1.73. The number of esters is 1. The van der Waals surface area contributed by atoms with Crippen LogP contribution in [0.15, 0.2) is 12.3 Å². The van der Waals surface area contributed by atoms with E-state index < -0.39 is 5.97 Å². The van der Waals surface area contributed by atoms with Crippen molar-refractivity contribution in [2.24, 2.45) is 0 Å². The quantitative estimate of drug-likeness (QED) is 0.513. The fraction of sp³-hybridized carbons (Fsp3) is 0.125. The van der Waals surface area contributed by atoms with Crippen LogP contribution in [0, 0.1) is 6.57 Å². The van der Waals surface area contributed by atoms with Gasteiger partial charge in [0.05, 0.1) is 19.2 Å². The van der Waals surface area contributed by atoms with E-state index in [1.54, 1.807) is 0 Å². The van der Waals surface area contributed by atoms with Crippen LogP contribution in [0.2, 0.25) is 0 Å². The van der Waals surface area contributed by atoms with Gasteiger partial charge in [0.1, 0.15) is 5.82 Å². The molecule has 0 aliphatic heterocycles. The summed E-state index contributed by atoms with van der Waals surface area (Å²) in [5.41, 5.74) is 5.79. The Bertz CT molecular complexity index is 381. The van der Waals surface area contributed by atoms with E-state index in [9.17, 15) is 4.79 Å². The summed E-state index contributed by atoms with van der Waals surface area (Å²) in [6, 6.07) is 1.35. The number of hydrogen-bond acceptors (Lipinski definition) is 4. The fourth-order valence-corrected chi connectivity index (χ4v) is 0.799. The number of nitrogen functional groups attached to an aromatic ring is 1. The second-order valence-electron chi connectivity index (χ2n) is 2.23. The molecule has 0 atom stereocenters. The number of pyridine rings is 1. The molecule has 2 N–H and O–H groups in total. The topological polar surface area (TPSA) is 69.6 Å². The summed E-state index contributed by atoms with van der Waals surface area (Å²) in [4.78, 5) is 17.9. The largest absolute Gasteiger partial charge is 0.465 e. The maximum absolute atomic E-state index is 11.1. The Hall–Kier alpha value is -2.09. The molecule has 5 nitrogen and oxygen atoms in total. The second-order valence-corrected chi connectivity index (χ2v) is 2.23. The number of methoxy groups -OCH3 is 1. The minimum Gasteiger partial charge on any atom is -0.465 e. The number of hydrogen-bond donors (Lipinski definition) is 1. The minimum atomic E-state index is -0.588. The van der Waals surface area contributed by atoms with Crippen molar-refractivity contribution in [2.45, 2.75) is 0 Å². The smallest absolute Gasteiger partial charge is 0.340 e. The van der Waals surface area contributed by atoms with Gasteiger partial charge in [0.25, 0.3) is 0 Å². The summed E-state index contributed by atoms with van der Waals surface area (Å²) >= 11 is 0. The van der Waals surface area contributed by atoms with E-state index in [1.807, 2.05) is 0 Å². The molecule has 0 amide bonds. The average Bonchev–Trinajstić information content (AvgIpc) is 2.17. The summed E-state index contributed by atoms with van der Waals surface area (Å²) in [7, 11) is 1.24. The van der Waals surface area contributed by atoms with Gasteiger partial charge < -0.3 is 10.5 Å². The number of rotatable bonds is 1. The van der Waals surface area contributed by atoms with Crippen LogP contribution in [0.4, 0.5) is 11.5 Å². The van der Waals surface area contributed by atoms with Gasteiger partial charge in [0.15, 0.2) is 0 Å². The first kappa shape index (κ1) is 9.00. The van der Waals surface area contributed by atoms with E-state index in [1.165, 1.54) is 19.4 Å². The third-order valence-electron chi connectivity index (χ3n) is 1.44. The minimum absolute atomic E-state index is 0.0688. The molecule has 0 unspecified atom stereocenters. The first-order chi connectivity index (χ1) is 6.19. The zero-order chi connectivity index (χ0) is 9.84. The SMILES string of the molecule is [C-]#[N+]c1cnc(N)c(C(=O)OC)c1. The molecule has 0 bridgehead atoms. The van der Waals surface area contributed by atoms with Crippen molar-refractivity contribution >= 4 is 17.5 Å². The van der Waals surface area contributed by atoms with Crippen molar-refractivity contribution in [1.82, 2.24) is 4.98 Å². The lowest BCUT2D eigenvalue weighted by atomic mass is 10.2. The van der Waals surface area contributed by atoms with Crippen molar-refractivity contribution < 1.29 is 9.53 Å². The number of carbonyl (C=O) groups excluding carboxylic acids is 1. The van der Waals surface area contributed by atoms with E-state index in [4.69, 9.17) is 12.3 Å². The normalized spacial score (nSPS) is 8.92. The van der Waals surface area contributed by atoms with Crippen molar-refractivity contribution in [3.8, 4) is 0 Å². The van der Waals surface area contributed by atoms with Crippen molar-refractivity contribution in [2.75, 3.05) is 12.8 Å². The van der Waals surface area contributed by atoms with Crippen molar-refractivity contribution in [3.63, 3.8) is 0 Å². The van der Waals surface area contributed by atoms with Crippen LogP contribution < -0.4 is 5.73 Å². The molecule has 1 aromatic rings. The standard InChI is InChI=1S/C8H7N3O2/c1-10-5-3-6(8(12)13-2)7(9)11-4-5/h3-4H,2H3,(H2,9,11). The maximum Gasteiger partial charge on any atom is 0.340 e. The molecule has 0 aliphatic carbocycles. The Labute approximate surface area is 75.0 Å². The van der Waals surface area contributed by atoms with E-state index >= 15 is 0 Å². The van der Waals surface area contributed by atoms with Gasteiger partial charge in [-0.2, -0.15) is 0 Å². The zero-order valence-corrected chi connectivity index (χ0v) is 6.94. The Morgan fingerprint density at radius 2 is 2.46 bits per heavy atom. The predicted molar refractivity (Wildman–Crippen MR) is 46.3 cm³/mol. The summed E-state index contributed by atoms with van der Waals surface area (Å²) in [6.45, 7) is 6.70. The summed E-state index contributed by atoms with van der Waals surface area (Å²) in [5, 5.41) is 0.